The second-order valence-electron chi connectivity index (χ2n) is 5.49. The third-order valence-electron chi connectivity index (χ3n) is 3.45. The molecule has 0 radical (unpaired) electrons. The SMILES string of the molecule is CCCCCN(CCNCCCCOCC)C(C)C. The minimum atomic E-state index is 0.664. The molecule has 0 aromatic carbocycles. The molecule has 0 atom stereocenters. The van der Waals surface area contributed by atoms with Crippen LogP contribution in [0, 0.1) is 0 Å². The van der Waals surface area contributed by atoms with Gasteiger partial charge in [0.25, 0.3) is 0 Å². The van der Waals surface area contributed by atoms with Crippen LogP contribution in [0.15, 0.2) is 0 Å². The Morgan fingerprint density at radius 1 is 0.947 bits per heavy atom. The fourth-order valence-corrected chi connectivity index (χ4v) is 2.14. The first-order chi connectivity index (χ1) is 9.22. The van der Waals surface area contributed by atoms with Crippen LogP contribution in [0.2, 0.25) is 0 Å². The van der Waals surface area contributed by atoms with Crippen molar-refractivity contribution in [2.75, 3.05) is 39.4 Å². The molecule has 3 nitrogen and oxygen atoms in total. The number of nitrogens with one attached hydrogen (secondary N) is 1. The summed E-state index contributed by atoms with van der Waals surface area (Å²) in [6.45, 7) is 15.3. The van der Waals surface area contributed by atoms with Crippen molar-refractivity contribution in [2.24, 2.45) is 0 Å². The molecule has 0 amide bonds. The van der Waals surface area contributed by atoms with Crippen LogP contribution in [0.4, 0.5) is 0 Å². The van der Waals surface area contributed by atoms with Crippen molar-refractivity contribution < 1.29 is 4.74 Å². The third-order valence-corrected chi connectivity index (χ3v) is 3.45. The van der Waals surface area contributed by atoms with Crippen molar-refractivity contribution in [3.05, 3.63) is 0 Å². The number of rotatable bonds is 14. The molecule has 3 heteroatoms. The van der Waals surface area contributed by atoms with Crippen LogP contribution in [0.3, 0.4) is 0 Å². The Bertz CT molecular complexity index is 174. The first-order valence-corrected chi connectivity index (χ1v) is 8.24. The molecule has 0 saturated carbocycles. The molecular weight excluding hydrogens is 236 g/mol. The minimum absolute atomic E-state index is 0.664. The Morgan fingerprint density at radius 2 is 1.74 bits per heavy atom. The minimum Gasteiger partial charge on any atom is -0.382 e. The van der Waals surface area contributed by atoms with Gasteiger partial charge >= 0.3 is 0 Å². The van der Waals surface area contributed by atoms with Crippen LogP contribution in [0.5, 0.6) is 0 Å². The summed E-state index contributed by atoms with van der Waals surface area (Å²) >= 11 is 0. The molecule has 19 heavy (non-hydrogen) atoms. The average molecular weight is 272 g/mol. The van der Waals surface area contributed by atoms with E-state index >= 15 is 0 Å². The number of unbranched alkanes of at least 4 members (excludes halogenated alkanes) is 3. The van der Waals surface area contributed by atoms with E-state index in [9.17, 15) is 0 Å². The summed E-state index contributed by atoms with van der Waals surface area (Å²) in [6, 6.07) is 0.664. The Morgan fingerprint density at radius 3 is 2.37 bits per heavy atom. The summed E-state index contributed by atoms with van der Waals surface area (Å²) < 4.78 is 5.33. The maximum Gasteiger partial charge on any atom is 0.0466 e. The summed E-state index contributed by atoms with van der Waals surface area (Å²) in [5, 5.41) is 3.54. The number of hydrogen-bond donors (Lipinski definition) is 1. The van der Waals surface area contributed by atoms with Gasteiger partial charge in [-0.25, -0.2) is 0 Å². The van der Waals surface area contributed by atoms with E-state index in [2.05, 4.69) is 37.9 Å². The largest absolute Gasteiger partial charge is 0.382 e. The van der Waals surface area contributed by atoms with Gasteiger partial charge < -0.3 is 10.1 Å². The highest BCUT2D eigenvalue weighted by molar-refractivity contribution is 4.64. The van der Waals surface area contributed by atoms with E-state index < -0.39 is 0 Å². The van der Waals surface area contributed by atoms with Gasteiger partial charge in [0.1, 0.15) is 0 Å². The van der Waals surface area contributed by atoms with Crippen molar-refractivity contribution in [3.8, 4) is 0 Å². The van der Waals surface area contributed by atoms with Crippen LogP contribution >= 0.6 is 0 Å². The molecule has 1 N–H and O–H groups in total. The van der Waals surface area contributed by atoms with Crippen molar-refractivity contribution in [2.45, 2.75) is 65.8 Å². The van der Waals surface area contributed by atoms with E-state index in [4.69, 9.17) is 4.74 Å². The van der Waals surface area contributed by atoms with Gasteiger partial charge in [-0.3, -0.25) is 4.90 Å². The van der Waals surface area contributed by atoms with Gasteiger partial charge in [0.2, 0.25) is 0 Å². The predicted octanol–water partition coefficient (Wildman–Crippen LogP) is 3.29. The highest BCUT2D eigenvalue weighted by Gasteiger charge is 2.07. The van der Waals surface area contributed by atoms with Gasteiger partial charge in [0.15, 0.2) is 0 Å². The Labute approximate surface area is 121 Å². The number of hydrogen-bond acceptors (Lipinski definition) is 3. The molecule has 0 fully saturated rings. The molecule has 116 valence electrons. The van der Waals surface area contributed by atoms with E-state index in [1.54, 1.807) is 0 Å². The lowest BCUT2D eigenvalue weighted by Gasteiger charge is -2.26. The molecule has 0 aromatic rings. The van der Waals surface area contributed by atoms with Crippen molar-refractivity contribution in [1.29, 1.82) is 0 Å². The molecule has 0 rings (SSSR count). The standard InChI is InChI=1S/C16H36N2O/c1-5-7-9-13-18(16(3)4)14-12-17-11-8-10-15-19-6-2/h16-17H,5-15H2,1-4H3. The molecule has 0 bridgehead atoms. The molecule has 0 unspecified atom stereocenters. The Kier molecular flexibility index (Phi) is 14.2. The average Bonchev–Trinajstić information content (AvgIpc) is 2.39. The first-order valence-electron chi connectivity index (χ1n) is 8.24. The van der Waals surface area contributed by atoms with E-state index in [1.807, 2.05) is 0 Å². The van der Waals surface area contributed by atoms with Gasteiger partial charge in [0.05, 0.1) is 0 Å². The van der Waals surface area contributed by atoms with E-state index in [1.165, 1.54) is 45.2 Å². The van der Waals surface area contributed by atoms with Crippen molar-refractivity contribution >= 4 is 0 Å². The summed E-state index contributed by atoms with van der Waals surface area (Å²) in [4.78, 5) is 2.59. The maximum atomic E-state index is 5.33. The highest BCUT2D eigenvalue weighted by Crippen LogP contribution is 2.02. The normalized spacial score (nSPS) is 11.7. The maximum absolute atomic E-state index is 5.33. The summed E-state index contributed by atoms with van der Waals surface area (Å²) in [6.07, 6.45) is 6.39. The first kappa shape index (κ1) is 18.9. The summed E-state index contributed by atoms with van der Waals surface area (Å²) in [5.74, 6) is 0. The van der Waals surface area contributed by atoms with Gasteiger partial charge in [-0.2, -0.15) is 0 Å². The molecule has 0 spiro atoms. The lowest BCUT2D eigenvalue weighted by atomic mass is 10.2. The molecule has 0 aliphatic heterocycles. The van der Waals surface area contributed by atoms with Crippen LogP contribution in [-0.2, 0) is 4.74 Å². The zero-order valence-electron chi connectivity index (χ0n) is 13.7. The fraction of sp³-hybridized carbons (Fsp3) is 1.00. The molecule has 0 aliphatic carbocycles. The molecule has 0 aliphatic rings. The highest BCUT2D eigenvalue weighted by atomic mass is 16.5. The van der Waals surface area contributed by atoms with E-state index in [0.29, 0.717) is 6.04 Å². The van der Waals surface area contributed by atoms with Gasteiger partial charge in [-0.15, -0.1) is 0 Å². The quantitative estimate of drug-likeness (QED) is 0.491. The monoisotopic (exact) mass is 272 g/mol. The topological polar surface area (TPSA) is 24.5 Å². The lowest BCUT2D eigenvalue weighted by molar-refractivity contribution is 0.143. The number of nitrogens with zero attached hydrogens (tertiary/aromatic N) is 1. The zero-order chi connectivity index (χ0) is 14.3. The lowest BCUT2D eigenvalue weighted by Crippen LogP contribution is -2.37. The second-order valence-corrected chi connectivity index (χ2v) is 5.49. The van der Waals surface area contributed by atoms with Crippen molar-refractivity contribution in [3.63, 3.8) is 0 Å². The van der Waals surface area contributed by atoms with Crippen LogP contribution in [0.25, 0.3) is 0 Å². The van der Waals surface area contributed by atoms with Crippen LogP contribution in [0.1, 0.15) is 59.8 Å². The van der Waals surface area contributed by atoms with E-state index in [0.717, 1.165) is 26.3 Å². The predicted molar refractivity (Wildman–Crippen MR) is 84.8 cm³/mol. The Balaban J connectivity index is 3.43. The second kappa shape index (κ2) is 14.3. The summed E-state index contributed by atoms with van der Waals surface area (Å²) in [5.41, 5.74) is 0. The molecular formula is C16H36N2O. The zero-order valence-corrected chi connectivity index (χ0v) is 13.7. The van der Waals surface area contributed by atoms with Crippen LogP contribution < -0.4 is 5.32 Å². The van der Waals surface area contributed by atoms with Gasteiger partial charge in [-0.05, 0) is 53.1 Å². The third kappa shape index (κ3) is 12.6. The van der Waals surface area contributed by atoms with Gasteiger partial charge in [0, 0.05) is 32.3 Å². The number of ether oxygens (including phenoxy) is 1. The fourth-order valence-electron chi connectivity index (χ4n) is 2.14. The molecule has 0 heterocycles. The van der Waals surface area contributed by atoms with Crippen molar-refractivity contribution in [1.82, 2.24) is 10.2 Å². The Hall–Kier alpha value is -0.120. The molecule has 0 saturated heterocycles. The smallest absolute Gasteiger partial charge is 0.0466 e. The van der Waals surface area contributed by atoms with E-state index in [-0.39, 0.29) is 0 Å². The summed E-state index contributed by atoms with van der Waals surface area (Å²) in [7, 11) is 0. The molecule has 0 aromatic heterocycles. The van der Waals surface area contributed by atoms with Gasteiger partial charge in [-0.1, -0.05) is 19.8 Å². The van der Waals surface area contributed by atoms with Crippen LogP contribution in [-0.4, -0.2) is 50.3 Å².